The second kappa shape index (κ2) is 5.44. The van der Waals surface area contributed by atoms with E-state index in [1.807, 2.05) is 0 Å². The molecule has 0 fully saturated rings. The van der Waals surface area contributed by atoms with Crippen molar-refractivity contribution in [1.29, 1.82) is 0 Å². The van der Waals surface area contributed by atoms with E-state index < -0.39 is 0 Å². The van der Waals surface area contributed by atoms with Crippen LogP contribution in [0.2, 0.25) is 0 Å². The van der Waals surface area contributed by atoms with Crippen molar-refractivity contribution in [3.8, 4) is 0 Å². The molecule has 5 nitrogen and oxygen atoms in total. The lowest BCUT2D eigenvalue weighted by atomic mass is 10.5. The van der Waals surface area contributed by atoms with E-state index in [1.165, 1.54) is 0 Å². The van der Waals surface area contributed by atoms with Gasteiger partial charge in [0.25, 0.3) is 0 Å². The van der Waals surface area contributed by atoms with Gasteiger partial charge in [0.2, 0.25) is 0 Å². The zero-order valence-corrected chi connectivity index (χ0v) is 6.41. The van der Waals surface area contributed by atoms with Crippen LogP contribution in [0.15, 0.2) is 4.99 Å². The third-order valence-electron chi connectivity index (χ3n) is 1.35. The number of hydrogen-bond donors (Lipinski definition) is 1. The molecule has 0 spiro atoms. The van der Waals surface area contributed by atoms with Gasteiger partial charge in [-0.2, -0.15) is 9.59 Å². The Hall–Kier alpha value is -1.35. The van der Waals surface area contributed by atoms with Crippen LogP contribution in [0.5, 0.6) is 0 Å². The minimum Gasteiger partial charge on any atom is -0.370 e. The number of guanidine groups is 1. The second-order valence-electron chi connectivity index (χ2n) is 1.90. The summed E-state index contributed by atoms with van der Waals surface area (Å²) in [5, 5.41) is 0. The van der Waals surface area contributed by atoms with Crippen LogP contribution >= 0.6 is 0 Å². The highest BCUT2D eigenvalue weighted by Crippen LogP contribution is 1.94. The first kappa shape index (κ1) is 9.65. The molecule has 0 bridgehead atoms. The molecule has 11 heavy (non-hydrogen) atoms. The lowest BCUT2D eigenvalue weighted by molar-refractivity contribution is -0.191. The Bertz CT molecular complexity index is 173. The smallest absolute Gasteiger partial charge is 0.370 e. The topological polar surface area (TPSA) is 75.8 Å². The summed E-state index contributed by atoms with van der Waals surface area (Å²) >= 11 is 0. The highest BCUT2D eigenvalue weighted by molar-refractivity contribution is 5.79. The maximum Gasteiger partial charge on any atom is 0.373 e. The average Bonchev–Trinajstić information content (AvgIpc) is 2.36. The van der Waals surface area contributed by atoms with Crippen LogP contribution in [0.1, 0.15) is 6.92 Å². The monoisotopic (exact) mass is 157 g/mol. The van der Waals surface area contributed by atoms with Gasteiger partial charge in [-0.05, 0) is 6.92 Å². The Balaban J connectivity index is 0.000000292. The normalized spacial score (nSPS) is 14.6. The molecule has 0 aromatic carbocycles. The van der Waals surface area contributed by atoms with Gasteiger partial charge in [0, 0.05) is 13.1 Å². The van der Waals surface area contributed by atoms with Crippen LogP contribution in [0.3, 0.4) is 0 Å². The van der Waals surface area contributed by atoms with E-state index in [9.17, 15) is 0 Å². The standard InChI is InChI=1S/C5H11N3.CO2/c1-2-8-4-3-7-5(8)6;2-1-3/h2-4H2,1H3,(H2,6,7);. The molecule has 0 amide bonds. The van der Waals surface area contributed by atoms with Gasteiger partial charge in [0.15, 0.2) is 5.96 Å². The van der Waals surface area contributed by atoms with E-state index in [2.05, 4.69) is 16.8 Å². The summed E-state index contributed by atoms with van der Waals surface area (Å²) in [6, 6.07) is 0. The molecule has 0 aromatic heterocycles. The van der Waals surface area contributed by atoms with Gasteiger partial charge in [-0.25, -0.2) is 0 Å². The molecule has 0 aromatic rings. The predicted molar refractivity (Wildman–Crippen MR) is 38.7 cm³/mol. The summed E-state index contributed by atoms with van der Waals surface area (Å²) in [7, 11) is 0. The molecular formula is C6H11N3O2. The van der Waals surface area contributed by atoms with E-state index in [4.69, 9.17) is 15.3 Å². The van der Waals surface area contributed by atoms with Crippen molar-refractivity contribution in [3.63, 3.8) is 0 Å². The first-order valence-corrected chi connectivity index (χ1v) is 3.30. The van der Waals surface area contributed by atoms with E-state index in [1.54, 1.807) is 0 Å². The van der Waals surface area contributed by atoms with Gasteiger partial charge in [-0.3, -0.25) is 4.99 Å². The summed E-state index contributed by atoms with van der Waals surface area (Å²) in [5.74, 6) is 0.701. The first-order chi connectivity index (χ1) is 5.26. The first-order valence-electron chi connectivity index (χ1n) is 3.30. The molecule has 0 saturated heterocycles. The quantitative estimate of drug-likeness (QED) is 0.532. The second-order valence-corrected chi connectivity index (χ2v) is 1.90. The molecule has 1 heterocycles. The van der Waals surface area contributed by atoms with E-state index >= 15 is 0 Å². The van der Waals surface area contributed by atoms with Crippen LogP contribution in [0.25, 0.3) is 0 Å². The molecule has 5 heteroatoms. The molecule has 0 unspecified atom stereocenters. The average molecular weight is 157 g/mol. The van der Waals surface area contributed by atoms with E-state index in [-0.39, 0.29) is 6.15 Å². The van der Waals surface area contributed by atoms with Crippen molar-refractivity contribution in [2.75, 3.05) is 19.6 Å². The molecule has 62 valence electrons. The molecule has 2 N–H and O–H groups in total. The lowest BCUT2D eigenvalue weighted by Gasteiger charge is -2.12. The minimum absolute atomic E-state index is 0.250. The Kier molecular flexibility index (Phi) is 4.77. The summed E-state index contributed by atoms with van der Waals surface area (Å²) < 4.78 is 0. The zero-order valence-electron chi connectivity index (χ0n) is 6.41. The van der Waals surface area contributed by atoms with Crippen molar-refractivity contribution < 1.29 is 9.59 Å². The highest BCUT2D eigenvalue weighted by atomic mass is 16.2. The predicted octanol–water partition coefficient (Wildman–Crippen LogP) is -0.947. The number of aliphatic imine (C=N–C) groups is 1. The zero-order chi connectivity index (χ0) is 8.69. The highest BCUT2D eigenvalue weighted by Gasteiger charge is 2.09. The lowest BCUT2D eigenvalue weighted by Crippen LogP contribution is -2.33. The van der Waals surface area contributed by atoms with Gasteiger partial charge < -0.3 is 10.6 Å². The van der Waals surface area contributed by atoms with Crippen LogP contribution in [0.4, 0.5) is 0 Å². The third-order valence-corrected chi connectivity index (χ3v) is 1.35. The maximum atomic E-state index is 8.12. The van der Waals surface area contributed by atoms with Crippen molar-refractivity contribution >= 4 is 12.1 Å². The van der Waals surface area contributed by atoms with Crippen LogP contribution in [-0.2, 0) is 9.59 Å². The van der Waals surface area contributed by atoms with Crippen LogP contribution in [-0.4, -0.2) is 36.6 Å². The largest absolute Gasteiger partial charge is 0.373 e. The van der Waals surface area contributed by atoms with Gasteiger partial charge in [0.05, 0.1) is 6.54 Å². The van der Waals surface area contributed by atoms with Gasteiger partial charge >= 0.3 is 6.15 Å². The van der Waals surface area contributed by atoms with Crippen molar-refractivity contribution in [3.05, 3.63) is 0 Å². The SMILES string of the molecule is CCN1CCN=C1N.O=C=O. The third kappa shape index (κ3) is 3.37. The van der Waals surface area contributed by atoms with Gasteiger partial charge in [-0.15, -0.1) is 0 Å². The number of carbonyl (C=O) groups excluding carboxylic acids is 2. The Morgan fingerprint density at radius 1 is 1.73 bits per heavy atom. The van der Waals surface area contributed by atoms with Crippen molar-refractivity contribution in [1.82, 2.24) is 4.90 Å². The molecule has 0 aliphatic carbocycles. The van der Waals surface area contributed by atoms with Gasteiger partial charge in [-0.1, -0.05) is 0 Å². The minimum atomic E-state index is 0.250. The fourth-order valence-electron chi connectivity index (χ4n) is 0.820. The van der Waals surface area contributed by atoms with E-state index in [0.717, 1.165) is 19.6 Å². The maximum absolute atomic E-state index is 8.12. The van der Waals surface area contributed by atoms with Crippen molar-refractivity contribution in [2.24, 2.45) is 10.7 Å². The number of hydrogen-bond acceptors (Lipinski definition) is 5. The molecule has 0 saturated carbocycles. The Labute approximate surface area is 64.9 Å². The van der Waals surface area contributed by atoms with Crippen molar-refractivity contribution in [2.45, 2.75) is 6.92 Å². The molecule has 1 rings (SSSR count). The number of nitrogens with zero attached hydrogens (tertiary/aromatic N) is 2. The Morgan fingerprint density at radius 3 is 2.45 bits per heavy atom. The number of nitrogens with two attached hydrogens (primary N) is 1. The fourth-order valence-corrected chi connectivity index (χ4v) is 0.820. The molecule has 1 aliphatic heterocycles. The van der Waals surface area contributed by atoms with Crippen LogP contribution in [0, 0.1) is 0 Å². The van der Waals surface area contributed by atoms with Crippen LogP contribution < -0.4 is 5.73 Å². The summed E-state index contributed by atoms with van der Waals surface area (Å²) in [6.07, 6.45) is 0.250. The molecule has 0 atom stereocenters. The summed E-state index contributed by atoms with van der Waals surface area (Å²) in [4.78, 5) is 22.3. The van der Waals surface area contributed by atoms with Gasteiger partial charge in [0.1, 0.15) is 0 Å². The summed E-state index contributed by atoms with van der Waals surface area (Å²) in [6.45, 7) is 4.94. The van der Waals surface area contributed by atoms with E-state index in [0.29, 0.717) is 5.96 Å². The Morgan fingerprint density at radius 2 is 2.27 bits per heavy atom. The number of likely N-dealkylation sites (N-methyl/N-ethyl adjacent to an activating group) is 1. The molecule has 0 radical (unpaired) electrons. The fraction of sp³-hybridized carbons (Fsp3) is 0.667. The summed E-state index contributed by atoms with van der Waals surface area (Å²) in [5.41, 5.74) is 5.47. The molecular weight excluding hydrogens is 146 g/mol. The molecule has 1 aliphatic rings. The number of rotatable bonds is 1.